The van der Waals surface area contributed by atoms with Crippen LogP contribution in [0.1, 0.15) is 23.8 Å². The van der Waals surface area contributed by atoms with E-state index in [1.165, 1.54) is 0 Å². The molecule has 100 valence electrons. The molecule has 5 heteroatoms. The molecule has 0 amide bonds. The Labute approximate surface area is 111 Å². The van der Waals surface area contributed by atoms with E-state index in [9.17, 15) is 4.79 Å². The van der Waals surface area contributed by atoms with Crippen molar-refractivity contribution in [3.63, 3.8) is 0 Å². The van der Waals surface area contributed by atoms with Crippen LogP contribution < -0.4 is 4.90 Å². The normalized spacial score (nSPS) is 15.9. The van der Waals surface area contributed by atoms with Crippen molar-refractivity contribution in [2.75, 3.05) is 31.2 Å². The van der Waals surface area contributed by atoms with Gasteiger partial charge in [-0.1, -0.05) is 13.0 Å². The van der Waals surface area contributed by atoms with E-state index in [2.05, 4.69) is 9.88 Å². The van der Waals surface area contributed by atoms with Crippen LogP contribution in [0, 0.1) is 0 Å². The summed E-state index contributed by atoms with van der Waals surface area (Å²) in [6.07, 6.45) is 2.43. The summed E-state index contributed by atoms with van der Waals surface area (Å²) in [7, 11) is 0. The van der Waals surface area contributed by atoms with E-state index in [0.717, 1.165) is 24.6 Å². The second kappa shape index (κ2) is 5.01. The van der Waals surface area contributed by atoms with E-state index in [-0.39, 0.29) is 5.78 Å². The van der Waals surface area contributed by atoms with E-state index < -0.39 is 0 Å². The Kier molecular flexibility index (Phi) is 3.21. The van der Waals surface area contributed by atoms with Gasteiger partial charge in [0.15, 0.2) is 5.78 Å². The monoisotopic (exact) mass is 259 g/mol. The predicted octanol–water partition coefficient (Wildman–Crippen LogP) is 1.76. The number of rotatable bonds is 3. The van der Waals surface area contributed by atoms with Crippen LogP contribution in [0.2, 0.25) is 0 Å². The van der Waals surface area contributed by atoms with Crippen LogP contribution in [0.4, 0.5) is 5.82 Å². The summed E-state index contributed by atoms with van der Waals surface area (Å²) in [5.41, 5.74) is 1.40. The van der Waals surface area contributed by atoms with Crippen molar-refractivity contribution in [3.8, 4) is 0 Å². The summed E-state index contributed by atoms with van der Waals surface area (Å²) < 4.78 is 7.37. The highest BCUT2D eigenvalue weighted by atomic mass is 16.5. The van der Waals surface area contributed by atoms with Crippen molar-refractivity contribution < 1.29 is 9.53 Å². The largest absolute Gasteiger partial charge is 0.378 e. The Morgan fingerprint density at radius 2 is 2.16 bits per heavy atom. The van der Waals surface area contributed by atoms with E-state index in [0.29, 0.717) is 25.3 Å². The van der Waals surface area contributed by atoms with Gasteiger partial charge in [-0.05, 0) is 12.1 Å². The topological polar surface area (TPSA) is 46.8 Å². The van der Waals surface area contributed by atoms with Gasteiger partial charge in [-0.3, -0.25) is 9.20 Å². The zero-order chi connectivity index (χ0) is 13.2. The average molecular weight is 259 g/mol. The SMILES string of the molecule is CCC(=O)c1nc2ccccn2c1N1CCOCC1. The zero-order valence-electron chi connectivity index (χ0n) is 11.0. The molecule has 0 saturated carbocycles. The predicted molar refractivity (Wildman–Crippen MR) is 72.8 cm³/mol. The van der Waals surface area contributed by atoms with Crippen LogP contribution in [0.5, 0.6) is 0 Å². The third kappa shape index (κ3) is 2.10. The number of Topliss-reactive ketones (excluding diaryl/α,β-unsaturated/α-hetero) is 1. The van der Waals surface area contributed by atoms with E-state index in [4.69, 9.17) is 4.74 Å². The lowest BCUT2D eigenvalue weighted by Crippen LogP contribution is -2.37. The number of ketones is 1. The number of ether oxygens (including phenoxy) is 1. The zero-order valence-corrected chi connectivity index (χ0v) is 11.0. The summed E-state index contributed by atoms with van der Waals surface area (Å²) in [5, 5.41) is 0. The number of anilines is 1. The fraction of sp³-hybridized carbons (Fsp3) is 0.429. The van der Waals surface area contributed by atoms with E-state index >= 15 is 0 Å². The number of carbonyl (C=O) groups is 1. The van der Waals surface area contributed by atoms with Gasteiger partial charge in [0.05, 0.1) is 13.2 Å². The maximum atomic E-state index is 12.1. The number of hydrogen-bond acceptors (Lipinski definition) is 4. The van der Waals surface area contributed by atoms with E-state index in [1.807, 2.05) is 35.7 Å². The summed E-state index contributed by atoms with van der Waals surface area (Å²) in [4.78, 5) is 18.8. The summed E-state index contributed by atoms with van der Waals surface area (Å²) >= 11 is 0. The first-order chi connectivity index (χ1) is 9.31. The fourth-order valence-electron chi connectivity index (χ4n) is 2.41. The number of pyridine rings is 1. The molecule has 0 aliphatic carbocycles. The Balaban J connectivity index is 2.15. The molecule has 0 radical (unpaired) electrons. The smallest absolute Gasteiger partial charge is 0.184 e. The molecule has 0 spiro atoms. The molecule has 3 heterocycles. The fourth-order valence-corrected chi connectivity index (χ4v) is 2.41. The lowest BCUT2D eigenvalue weighted by atomic mass is 10.2. The number of morpholine rings is 1. The summed E-state index contributed by atoms with van der Waals surface area (Å²) in [6, 6.07) is 5.82. The van der Waals surface area contributed by atoms with Crippen LogP contribution in [0.3, 0.4) is 0 Å². The standard InChI is InChI=1S/C14H17N3O2/c1-2-11(18)13-14(16-7-9-19-10-8-16)17-6-4-3-5-12(17)15-13/h3-6H,2,7-10H2,1H3. The van der Waals surface area contributed by atoms with Crippen LogP contribution in [-0.2, 0) is 4.74 Å². The van der Waals surface area contributed by atoms with Crippen molar-refractivity contribution >= 4 is 17.2 Å². The molecule has 5 nitrogen and oxygen atoms in total. The first-order valence-corrected chi connectivity index (χ1v) is 6.64. The molecule has 1 saturated heterocycles. The molecule has 0 aromatic carbocycles. The number of fused-ring (bicyclic) bond motifs is 1. The maximum Gasteiger partial charge on any atom is 0.184 e. The van der Waals surface area contributed by atoms with Crippen molar-refractivity contribution in [1.82, 2.24) is 9.38 Å². The van der Waals surface area contributed by atoms with Crippen LogP contribution in [-0.4, -0.2) is 41.5 Å². The van der Waals surface area contributed by atoms with Gasteiger partial charge in [-0.25, -0.2) is 4.98 Å². The summed E-state index contributed by atoms with van der Waals surface area (Å²) in [6.45, 7) is 4.86. The molecule has 19 heavy (non-hydrogen) atoms. The molecule has 2 aromatic rings. The van der Waals surface area contributed by atoms with Gasteiger partial charge >= 0.3 is 0 Å². The highest BCUT2D eigenvalue weighted by Crippen LogP contribution is 2.24. The molecule has 0 unspecified atom stereocenters. The lowest BCUT2D eigenvalue weighted by molar-refractivity contribution is 0.0982. The van der Waals surface area contributed by atoms with Crippen LogP contribution in [0.15, 0.2) is 24.4 Å². The molecule has 0 bridgehead atoms. The number of aromatic nitrogens is 2. The van der Waals surface area contributed by atoms with Gasteiger partial charge in [0, 0.05) is 25.7 Å². The lowest BCUT2D eigenvalue weighted by Gasteiger charge is -2.28. The molecule has 0 N–H and O–H groups in total. The highest BCUT2D eigenvalue weighted by molar-refractivity contribution is 5.99. The highest BCUT2D eigenvalue weighted by Gasteiger charge is 2.23. The molecular weight excluding hydrogens is 242 g/mol. The second-order valence-electron chi connectivity index (χ2n) is 4.59. The Morgan fingerprint density at radius 1 is 1.37 bits per heavy atom. The van der Waals surface area contributed by atoms with Gasteiger partial charge in [0.2, 0.25) is 0 Å². The molecule has 1 fully saturated rings. The number of hydrogen-bond donors (Lipinski definition) is 0. The van der Waals surface area contributed by atoms with Crippen molar-refractivity contribution in [1.29, 1.82) is 0 Å². The first-order valence-electron chi connectivity index (χ1n) is 6.64. The van der Waals surface area contributed by atoms with Crippen molar-refractivity contribution in [2.24, 2.45) is 0 Å². The Morgan fingerprint density at radius 3 is 2.89 bits per heavy atom. The molecule has 1 aliphatic rings. The maximum absolute atomic E-state index is 12.1. The minimum atomic E-state index is 0.0881. The van der Waals surface area contributed by atoms with Crippen LogP contribution in [0.25, 0.3) is 5.65 Å². The first kappa shape index (κ1) is 12.2. The molecule has 0 atom stereocenters. The quantitative estimate of drug-likeness (QED) is 0.788. The second-order valence-corrected chi connectivity index (χ2v) is 4.59. The number of carbonyl (C=O) groups excluding carboxylic acids is 1. The van der Waals surface area contributed by atoms with E-state index in [1.54, 1.807) is 0 Å². The molecule has 3 rings (SSSR count). The third-order valence-corrected chi connectivity index (χ3v) is 3.40. The summed E-state index contributed by atoms with van der Waals surface area (Å²) in [5.74, 6) is 0.996. The molecular formula is C14H17N3O2. The Hall–Kier alpha value is -1.88. The van der Waals surface area contributed by atoms with Crippen molar-refractivity contribution in [2.45, 2.75) is 13.3 Å². The van der Waals surface area contributed by atoms with Gasteiger partial charge in [-0.2, -0.15) is 0 Å². The minimum Gasteiger partial charge on any atom is -0.378 e. The van der Waals surface area contributed by atoms with Crippen LogP contribution >= 0.6 is 0 Å². The number of imidazole rings is 1. The van der Waals surface area contributed by atoms with Gasteiger partial charge in [0.25, 0.3) is 0 Å². The minimum absolute atomic E-state index is 0.0881. The van der Waals surface area contributed by atoms with Gasteiger partial charge in [-0.15, -0.1) is 0 Å². The van der Waals surface area contributed by atoms with Gasteiger partial charge < -0.3 is 9.64 Å². The third-order valence-electron chi connectivity index (χ3n) is 3.40. The average Bonchev–Trinajstić information content (AvgIpc) is 2.86. The molecule has 1 aliphatic heterocycles. The van der Waals surface area contributed by atoms with Gasteiger partial charge in [0.1, 0.15) is 17.2 Å². The number of nitrogens with zero attached hydrogens (tertiary/aromatic N) is 3. The Bertz CT molecular complexity index is 600. The van der Waals surface area contributed by atoms with Crippen molar-refractivity contribution in [3.05, 3.63) is 30.1 Å². The molecule has 2 aromatic heterocycles.